The molecule has 0 bridgehead atoms. The van der Waals surface area contributed by atoms with Gasteiger partial charge < -0.3 is 10.1 Å². The average molecular weight is 259 g/mol. The molecule has 0 radical (unpaired) electrons. The predicted octanol–water partition coefficient (Wildman–Crippen LogP) is 3.71. The lowest BCUT2D eigenvalue weighted by atomic mass is 9.75. The van der Waals surface area contributed by atoms with Gasteiger partial charge >= 0.3 is 0 Å². The molecule has 3 atom stereocenters. The molecule has 1 heterocycles. The zero-order valence-electron chi connectivity index (χ0n) is 12.1. The second-order valence-electron chi connectivity index (χ2n) is 6.28. The van der Waals surface area contributed by atoms with E-state index in [9.17, 15) is 0 Å². The van der Waals surface area contributed by atoms with Crippen LogP contribution in [0.5, 0.6) is 5.75 Å². The van der Waals surface area contributed by atoms with Crippen molar-refractivity contribution in [1.29, 1.82) is 0 Å². The van der Waals surface area contributed by atoms with Gasteiger partial charge in [0.25, 0.3) is 0 Å². The molecule has 1 N–H and O–H groups in total. The Morgan fingerprint density at radius 2 is 2.16 bits per heavy atom. The maximum absolute atomic E-state index is 5.36. The summed E-state index contributed by atoms with van der Waals surface area (Å²) in [5.74, 6) is 2.71. The van der Waals surface area contributed by atoms with Gasteiger partial charge in [0, 0.05) is 6.04 Å². The van der Waals surface area contributed by atoms with Gasteiger partial charge in [-0.25, -0.2) is 0 Å². The zero-order valence-corrected chi connectivity index (χ0v) is 12.1. The predicted molar refractivity (Wildman–Crippen MR) is 78.6 cm³/mol. The van der Waals surface area contributed by atoms with Crippen LogP contribution in [-0.2, 0) is 6.42 Å². The van der Waals surface area contributed by atoms with Crippen molar-refractivity contribution in [2.24, 2.45) is 11.8 Å². The number of methoxy groups -OCH3 is 1. The van der Waals surface area contributed by atoms with Crippen molar-refractivity contribution in [2.75, 3.05) is 13.7 Å². The van der Waals surface area contributed by atoms with Crippen LogP contribution in [0.15, 0.2) is 18.2 Å². The first-order chi connectivity index (χ1) is 9.28. The lowest BCUT2D eigenvalue weighted by Gasteiger charge is -2.37. The van der Waals surface area contributed by atoms with E-state index in [0.29, 0.717) is 6.04 Å². The first kappa shape index (κ1) is 13.0. The van der Waals surface area contributed by atoms with E-state index in [2.05, 4.69) is 30.4 Å². The summed E-state index contributed by atoms with van der Waals surface area (Å²) in [5, 5.41) is 3.76. The van der Waals surface area contributed by atoms with E-state index < -0.39 is 0 Å². The Bertz CT molecular complexity index is 443. The minimum Gasteiger partial charge on any atom is -0.497 e. The third kappa shape index (κ3) is 2.64. The molecule has 2 nitrogen and oxygen atoms in total. The third-order valence-corrected chi connectivity index (χ3v) is 4.89. The molecular formula is C17H25NO. The molecule has 3 rings (SSSR count). The monoisotopic (exact) mass is 259 g/mol. The topological polar surface area (TPSA) is 21.3 Å². The number of nitrogens with one attached hydrogen (secondary N) is 1. The van der Waals surface area contributed by atoms with Crippen molar-refractivity contribution in [3.05, 3.63) is 29.3 Å². The van der Waals surface area contributed by atoms with Crippen LogP contribution in [-0.4, -0.2) is 13.7 Å². The highest BCUT2D eigenvalue weighted by Crippen LogP contribution is 2.40. The Morgan fingerprint density at radius 1 is 1.26 bits per heavy atom. The van der Waals surface area contributed by atoms with Gasteiger partial charge in [0.05, 0.1) is 7.11 Å². The second kappa shape index (κ2) is 5.54. The molecule has 1 aliphatic heterocycles. The lowest BCUT2D eigenvalue weighted by Crippen LogP contribution is -2.36. The summed E-state index contributed by atoms with van der Waals surface area (Å²) in [4.78, 5) is 0. The third-order valence-electron chi connectivity index (χ3n) is 4.89. The highest BCUT2D eigenvalue weighted by molar-refractivity contribution is 5.39. The molecule has 0 saturated heterocycles. The molecule has 1 aliphatic carbocycles. The number of hydrogen-bond acceptors (Lipinski definition) is 2. The van der Waals surface area contributed by atoms with E-state index in [4.69, 9.17) is 4.74 Å². The molecule has 2 aliphatic rings. The lowest BCUT2D eigenvalue weighted by molar-refractivity contribution is 0.219. The molecule has 1 saturated carbocycles. The molecule has 104 valence electrons. The van der Waals surface area contributed by atoms with Gasteiger partial charge in [-0.3, -0.25) is 0 Å². The van der Waals surface area contributed by atoms with E-state index in [1.807, 2.05) is 0 Å². The summed E-state index contributed by atoms with van der Waals surface area (Å²) in [5.41, 5.74) is 3.01. The summed E-state index contributed by atoms with van der Waals surface area (Å²) in [7, 11) is 1.75. The summed E-state index contributed by atoms with van der Waals surface area (Å²) < 4.78 is 5.36. The van der Waals surface area contributed by atoms with Crippen molar-refractivity contribution >= 4 is 0 Å². The maximum Gasteiger partial charge on any atom is 0.119 e. The number of benzene rings is 1. The van der Waals surface area contributed by atoms with Gasteiger partial charge in [-0.15, -0.1) is 0 Å². The number of hydrogen-bond donors (Lipinski definition) is 1. The van der Waals surface area contributed by atoms with Gasteiger partial charge in [0.15, 0.2) is 0 Å². The fraction of sp³-hybridized carbons (Fsp3) is 0.647. The number of fused-ring (bicyclic) bond motifs is 1. The molecule has 19 heavy (non-hydrogen) atoms. The smallest absolute Gasteiger partial charge is 0.119 e. The largest absolute Gasteiger partial charge is 0.497 e. The van der Waals surface area contributed by atoms with Gasteiger partial charge in [-0.05, 0) is 60.9 Å². The van der Waals surface area contributed by atoms with Gasteiger partial charge in [0.2, 0.25) is 0 Å². The highest BCUT2D eigenvalue weighted by atomic mass is 16.5. The molecule has 2 heteroatoms. The van der Waals surface area contributed by atoms with Crippen molar-refractivity contribution in [3.63, 3.8) is 0 Å². The average Bonchev–Trinajstić information content (AvgIpc) is 2.46. The van der Waals surface area contributed by atoms with Gasteiger partial charge in [-0.1, -0.05) is 25.8 Å². The standard InChI is InChI=1S/C17H25NO/c1-12-4-3-5-14(10-12)17-16-7-6-15(19-2)11-13(16)8-9-18-17/h6-7,11-12,14,17-18H,3-5,8-10H2,1-2H3. The van der Waals surface area contributed by atoms with Crippen LogP contribution in [0, 0.1) is 11.8 Å². The molecule has 1 fully saturated rings. The van der Waals surface area contributed by atoms with E-state index in [0.717, 1.165) is 30.6 Å². The summed E-state index contributed by atoms with van der Waals surface area (Å²) in [6, 6.07) is 7.20. The molecule has 3 unspecified atom stereocenters. The van der Waals surface area contributed by atoms with Crippen LogP contribution in [0.4, 0.5) is 0 Å². The molecule has 1 aromatic carbocycles. The van der Waals surface area contributed by atoms with Crippen molar-refractivity contribution in [2.45, 2.75) is 45.1 Å². The van der Waals surface area contributed by atoms with E-state index >= 15 is 0 Å². The van der Waals surface area contributed by atoms with Crippen LogP contribution in [0.2, 0.25) is 0 Å². The SMILES string of the molecule is COc1ccc2c(c1)CCNC2C1CCCC(C)C1. The molecular weight excluding hydrogens is 234 g/mol. The van der Waals surface area contributed by atoms with E-state index in [1.165, 1.54) is 36.8 Å². The number of ether oxygens (including phenoxy) is 1. The van der Waals surface area contributed by atoms with E-state index in [-0.39, 0.29) is 0 Å². The van der Waals surface area contributed by atoms with Crippen LogP contribution < -0.4 is 10.1 Å². The van der Waals surface area contributed by atoms with Crippen LogP contribution in [0.3, 0.4) is 0 Å². The molecule has 0 spiro atoms. The minimum absolute atomic E-state index is 0.567. The van der Waals surface area contributed by atoms with Crippen LogP contribution in [0.1, 0.15) is 49.8 Å². The van der Waals surface area contributed by atoms with Crippen LogP contribution in [0.25, 0.3) is 0 Å². The molecule has 0 aromatic heterocycles. The van der Waals surface area contributed by atoms with Crippen LogP contribution >= 0.6 is 0 Å². The van der Waals surface area contributed by atoms with Crippen molar-refractivity contribution in [1.82, 2.24) is 5.32 Å². The first-order valence-electron chi connectivity index (χ1n) is 7.68. The highest BCUT2D eigenvalue weighted by Gasteiger charge is 2.30. The summed E-state index contributed by atoms with van der Waals surface area (Å²) in [6.45, 7) is 3.51. The molecule has 0 amide bonds. The van der Waals surface area contributed by atoms with Crippen molar-refractivity contribution < 1.29 is 4.74 Å². The normalized spacial score (nSPS) is 30.7. The molecule has 1 aromatic rings. The second-order valence-corrected chi connectivity index (χ2v) is 6.28. The maximum atomic E-state index is 5.36. The Balaban J connectivity index is 1.85. The van der Waals surface area contributed by atoms with E-state index in [1.54, 1.807) is 7.11 Å². The number of rotatable bonds is 2. The Labute approximate surface area is 116 Å². The summed E-state index contributed by atoms with van der Waals surface area (Å²) >= 11 is 0. The Hall–Kier alpha value is -1.02. The first-order valence-corrected chi connectivity index (χ1v) is 7.68. The van der Waals surface area contributed by atoms with Crippen molar-refractivity contribution in [3.8, 4) is 5.75 Å². The minimum atomic E-state index is 0.567. The fourth-order valence-corrected chi connectivity index (χ4v) is 3.91. The zero-order chi connectivity index (χ0) is 13.2. The Morgan fingerprint density at radius 3 is 2.95 bits per heavy atom. The fourth-order valence-electron chi connectivity index (χ4n) is 3.91. The van der Waals surface area contributed by atoms with Gasteiger partial charge in [-0.2, -0.15) is 0 Å². The summed E-state index contributed by atoms with van der Waals surface area (Å²) in [6.07, 6.45) is 6.70. The Kier molecular flexibility index (Phi) is 3.79. The quantitative estimate of drug-likeness (QED) is 0.874. The van der Waals surface area contributed by atoms with Gasteiger partial charge in [0.1, 0.15) is 5.75 Å².